The molecule has 1 aliphatic rings. The van der Waals surface area contributed by atoms with Crippen LogP contribution < -0.4 is 10.3 Å². The van der Waals surface area contributed by atoms with Gasteiger partial charge in [0.1, 0.15) is 17.3 Å². The Kier molecular flexibility index (Phi) is 5.92. The number of furan rings is 1. The smallest absolute Gasteiger partial charge is 0.260 e. The summed E-state index contributed by atoms with van der Waals surface area (Å²) in [5, 5.41) is 10.9. The molecule has 30 heavy (non-hydrogen) atoms. The number of ether oxygens (including phenoxy) is 2. The monoisotopic (exact) mass is 410 g/mol. The highest BCUT2D eigenvalue weighted by Gasteiger charge is 2.30. The molecule has 1 saturated heterocycles. The van der Waals surface area contributed by atoms with Crippen molar-refractivity contribution in [3.05, 3.63) is 81.7 Å². The van der Waals surface area contributed by atoms with Crippen LogP contribution in [0.3, 0.4) is 0 Å². The first kappa shape index (κ1) is 20.3. The fourth-order valence-corrected chi connectivity index (χ4v) is 3.96. The number of aryl methyl sites for hydroxylation is 1. The second-order valence-electron chi connectivity index (χ2n) is 7.38. The van der Waals surface area contributed by atoms with Crippen molar-refractivity contribution in [3.8, 4) is 11.5 Å². The fourth-order valence-electron chi connectivity index (χ4n) is 3.96. The molecule has 1 unspecified atom stereocenters. The highest BCUT2D eigenvalue weighted by atomic mass is 16.5. The summed E-state index contributed by atoms with van der Waals surface area (Å²) in [6, 6.07) is 12.5. The first-order chi connectivity index (χ1) is 14.6. The number of rotatable bonds is 6. The number of aromatic nitrogens is 1. The highest BCUT2D eigenvalue weighted by molar-refractivity contribution is 5.42. The van der Waals surface area contributed by atoms with E-state index in [1.165, 1.54) is 0 Å². The van der Waals surface area contributed by atoms with Crippen LogP contribution in [0.25, 0.3) is 0 Å². The van der Waals surface area contributed by atoms with E-state index in [1.807, 2.05) is 37.3 Å². The summed E-state index contributed by atoms with van der Waals surface area (Å²) in [4.78, 5) is 15.8. The van der Waals surface area contributed by atoms with Gasteiger partial charge in [-0.25, -0.2) is 0 Å². The third kappa shape index (κ3) is 3.99. The Balaban J connectivity index is 1.83. The molecule has 1 aromatic carbocycles. The first-order valence-corrected chi connectivity index (χ1v) is 10.00. The molecule has 1 fully saturated rings. The van der Waals surface area contributed by atoms with E-state index >= 15 is 0 Å². The van der Waals surface area contributed by atoms with Crippen molar-refractivity contribution in [1.29, 1.82) is 0 Å². The van der Waals surface area contributed by atoms with Crippen LogP contribution in [0.2, 0.25) is 0 Å². The lowest BCUT2D eigenvalue weighted by Gasteiger charge is -2.35. The van der Waals surface area contributed by atoms with Crippen molar-refractivity contribution in [2.24, 2.45) is 0 Å². The summed E-state index contributed by atoms with van der Waals surface area (Å²) < 4.78 is 17.9. The summed E-state index contributed by atoms with van der Waals surface area (Å²) in [5.41, 5.74) is 1.72. The van der Waals surface area contributed by atoms with Crippen LogP contribution in [0.1, 0.15) is 28.6 Å². The minimum atomic E-state index is -0.393. The number of nitrogens with zero attached hydrogens (tertiary/aromatic N) is 2. The molecule has 7 nitrogen and oxygen atoms in total. The zero-order valence-electron chi connectivity index (χ0n) is 17.2. The van der Waals surface area contributed by atoms with E-state index in [-0.39, 0.29) is 11.3 Å². The lowest BCUT2D eigenvalue weighted by Crippen LogP contribution is -2.42. The summed E-state index contributed by atoms with van der Waals surface area (Å²) in [6.45, 7) is 4.62. The van der Waals surface area contributed by atoms with Crippen LogP contribution in [-0.2, 0) is 11.3 Å². The maximum absolute atomic E-state index is 13.6. The molecule has 0 aliphatic carbocycles. The summed E-state index contributed by atoms with van der Waals surface area (Å²) in [6.07, 6.45) is 1.59. The van der Waals surface area contributed by atoms with Gasteiger partial charge in [-0.1, -0.05) is 12.1 Å². The first-order valence-electron chi connectivity index (χ1n) is 10.00. The molecule has 3 aromatic rings. The van der Waals surface area contributed by atoms with E-state index < -0.39 is 6.04 Å². The van der Waals surface area contributed by atoms with E-state index in [0.29, 0.717) is 49.9 Å². The van der Waals surface area contributed by atoms with Gasteiger partial charge in [-0.3, -0.25) is 9.69 Å². The maximum atomic E-state index is 13.6. The molecule has 158 valence electrons. The zero-order chi connectivity index (χ0) is 21.1. The van der Waals surface area contributed by atoms with Crippen molar-refractivity contribution in [2.75, 3.05) is 33.4 Å². The van der Waals surface area contributed by atoms with Gasteiger partial charge in [-0.05, 0) is 42.8 Å². The summed E-state index contributed by atoms with van der Waals surface area (Å²) in [7, 11) is 1.62. The molecule has 1 atom stereocenters. The molecule has 7 heteroatoms. The van der Waals surface area contributed by atoms with E-state index in [4.69, 9.17) is 13.9 Å². The third-order valence-corrected chi connectivity index (χ3v) is 5.53. The maximum Gasteiger partial charge on any atom is 0.260 e. The predicted molar refractivity (Wildman–Crippen MR) is 112 cm³/mol. The second kappa shape index (κ2) is 8.77. The number of hydrogen-bond acceptors (Lipinski definition) is 6. The normalized spacial score (nSPS) is 15.8. The molecule has 3 heterocycles. The molecule has 4 rings (SSSR count). The van der Waals surface area contributed by atoms with Gasteiger partial charge < -0.3 is 23.6 Å². The Bertz CT molecular complexity index is 1030. The standard InChI is InChI=1S/C23H26N2O5/c1-16-14-20(26)21(23(27)25(16)15-19-4-3-11-30-19)22(24-9-12-29-13-10-24)17-5-7-18(28-2)8-6-17/h3-8,11,14,22,26H,9-10,12-13,15H2,1-2H3. The molecule has 0 radical (unpaired) electrons. The Labute approximate surface area is 175 Å². The van der Waals surface area contributed by atoms with Gasteiger partial charge in [-0.15, -0.1) is 0 Å². The van der Waals surface area contributed by atoms with Crippen molar-refractivity contribution in [2.45, 2.75) is 19.5 Å². The molecular weight excluding hydrogens is 384 g/mol. The number of pyridine rings is 1. The summed E-state index contributed by atoms with van der Waals surface area (Å²) in [5.74, 6) is 1.42. The summed E-state index contributed by atoms with van der Waals surface area (Å²) >= 11 is 0. The highest BCUT2D eigenvalue weighted by Crippen LogP contribution is 2.34. The Morgan fingerprint density at radius 1 is 1.17 bits per heavy atom. The second-order valence-corrected chi connectivity index (χ2v) is 7.38. The van der Waals surface area contributed by atoms with E-state index in [0.717, 1.165) is 11.3 Å². The average Bonchev–Trinajstić information content (AvgIpc) is 3.28. The van der Waals surface area contributed by atoms with Crippen molar-refractivity contribution < 1.29 is 19.0 Å². The van der Waals surface area contributed by atoms with Gasteiger partial charge in [0.15, 0.2) is 0 Å². The van der Waals surface area contributed by atoms with Crippen LogP contribution in [0.5, 0.6) is 11.5 Å². The molecule has 1 N–H and O–H groups in total. The molecule has 0 spiro atoms. The van der Waals surface area contributed by atoms with E-state index in [2.05, 4.69) is 4.90 Å². The minimum absolute atomic E-state index is 0.000467. The molecule has 0 bridgehead atoms. The third-order valence-electron chi connectivity index (χ3n) is 5.53. The Morgan fingerprint density at radius 2 is 1.90 bits per heavy atom. The Morgan fingerprint density at radius 3 is 2.53 bits per heavy atom. The molecule has 2 aromatic heterocycles. The van der Waals surface area contributed by atoms with Gasteiger partial charge in [0.05, 0.1) is 44.7 Å². The van der Waals surface area contributed by atoms with Crippen molar-refractivity contribution in [3.63, 3.8) is 0 Å². The number of hydrogen-bond donors (Lipinski definition) is 1. The van der Waals surface area contributed by atoms with Gasteiger partial charge >= 0.3 is 0 Å². The minimum Gasteiger partial charge on any atom is -0.507 e. The van der Waals surface area contributed by atoms with Gasteiger partial charge in [0.2, 0.25) is 0 Å². The Hall–Kier alpha value is -3.03. The molecule has 0 saturated carbocycles. The van der Waals surface area contributed by atoms with Crippen LogP contribution >= 0.6 is 0 Å². The van der Waals surface area contributed by atoms with Crippen LogP contribution in [0.4, 0.5) is 0 Å². The van der Waals surface area contributed by atoms with Crippen LogP contribution in [-0.4, -0.2) is 48.0 Å². The lowest BCUT2D eigenvalue weighted by molar-refractivity contribution is 0.0232. The lowest BCUT2D eigenvalue weighted by atomic mass is 9.96. The topological polar surface area (TPSA) is 77.1 Å². The van der Waals surface area contributed by atoms with Gasteiger partial charge in [0, 0.05) is 18.8 Å². The van der Waals surface area contributed by atoms with Crippen molar-refractivity contribution >= 4 is 0 Å². The molecule has 1 aliphatic heterocycles. The fraction of sp³-hybridized carbons (Fsp3) is 0.348. The zero-order valence-corrected chi connectivity index (χ0v) is 17.2. The molecule has 0 amide bonds. The average molecular weight is 410 g/mol. The van der Waals surface area contributed by atoms with Gasteiger partial charge in [-0.2, -0.15) is 0 Å². The predicted octanol–water partition coefficient (Wildman–Crippen LogP) is 2.93. The van der Waals surface area contributed by atoms with E-state index in [1.54, 1.807) is 30.1 Å². The number of methoxy groups -OCH3 is 1. The largest absolute Gasteiger partial charge is 0.507 e. The van der Waals surface area contributed by atoms with Crippen molar-refractivity contribution in [1.82, 2.24) is 9.47 Å². The quantitative estimate of drug-likeness (QED) is 0.673. The van der Waals surface area contributed by atoms with Crippen LogP contribution in [0, 0.1) is 6.92 Å². The number of benzene rings is 1. The van der Waals surface area contributed by atoms with Gasteiger partial charge in [0.25, 0.3) is 5.56 Å². The number of morpholine rings is 1. The SMILES string of the molecule is COc1ccc(C(c2c(O)cc(C)n(Cc3ccco3)c2=O)N2CCOCC2)cc1. The van der Waals surface area contributed by atoms with Crippen LogP contribution in [0.15, 0.2) is 57.9 Å². The molecular formula is C23H26N2O5. The van der Waals surface area contributed by atoms with E-state index in [9.17, 15) is 9.90 Å². The number of aromatic hydroxyl groups is 1.